The summed E-state index contributed by atoms with van der Waals surface area (Å²) in [5, 5.41) is 14.7. The van der Waals surface area contributed by atoms with Crippen LogP contribution in [0.1, 0.15) is 17.4 Å². The van der Waals surface area contributed by atoms with Crippen molar-refractivity contribution in [1.29, 1.82) is 0 Å². The zero-order valence-corrected chi connectivity index (χ0v) is 14.4. The van der Waals surface area contributed by atoms with Crippen LogP contribution >= 0.6 is 31.9 Å². The summed E-state index contributed by atoms with van der Waals surface area (Å²) in [4.78, 5) is 0. The standard InChI is InChI=1S/C13H14Br2N2O3/c1-17-12(9(15)6-16-17)13(18)7-4-10(19-2)11(20-3)5-8(7)14/h4-6,13,18H,1-3H3. The SMILES string of the molecule is COc1cc(Br)c(C(O)c2c(Br)cnn2C)cc1OC. The highest BCUT2D eigenvalue weighted by Crippen LogP contribution is 2.39. The molecule has 5 nitrogen and oxygen atoms in total. The second-order valence-electron chi connectivity index (χ2n) is 4.13. The first-order valence-corrected chi connectivity index (χ1v) is 7.35. The second-order valence-corrected chi connectivity index (χ2v) is 5.84. The van der Waals surface area contributed by atoms with E-state index >= 15 is 0 Å². The molecule has 20 heavy (non-hydrogen) atoms. The molecule has 1 unspecified atom stereocenters. The van der Waals surface area contributed by atoms with Crippen molar-refractivity contribution in [2.45, 2.75) is 6.10 Å². The van der Waals surface area contributed by atoms with Crippen LogP contribution in [0.2, 0.25) is 0 Å². The fourth-order valence-electron chi connectivity index (χ4n) is 1.95. The van der Waals surface area contributed by atoms with Gasteiger partial charge in [-0.15, -0.1) is 0 Å². The quantitative estimate of drug-likeness (QED) is 0.849. The van der Waals surface area contributed by atoms with Crippen molar-refractivity contribution in [2.75, 3.05) is 14.2 Å². The van der Waals surface area contributed by atoms with Gasteiger partial charge in [-0.1, -0.05) is 15.9 Å². The summed E-state index contributed by atoms with van der Waals surface area (Å²) in [6.45, 7) is 0. The molecule has 0 aliphatic heterocycles. The van der Waals surface area contributed by atoms with Crippen molar-refractivity contribution in [3.05, 3.63) is 38.5 Å². The first kappa shape index (κ1) is 15.3. The summed E-state index contributed by atoms with van der Waals surface area (Å²) in [5.41, 5.74) is 1.34. The average Bonchev–Trinajstić information content (AvgIpc) is 2.77. The highest BCUT2D eigenvalue weighted by atomic mass is 79.9. The predicted molar refractivity (Wildman–Crippen MR) is 82.2 cm³/mol. The van der Waals surface area contributed by atoms with E-state index in [2.05, 4.69) is 37.0 Å². The van der Waals surface area contributed by atoms with Crippen molar-refractivity contribution in [1.82, 2.24) is 9.78 Å². The van der Waals surface area contributed by atoms with Gasteiger partial charge in [0.2, 0.25) is 0 Å². The third-order valence-electron chi connectivity index (χ3n) is 2.99. The number of aryl methyl sites for hydroxylation is 1. The summed E-state index contributed by atoms with van der Waals surface area (Å²) in [6.07, 6.45) is 0.804. The van der Waals surface area contributed by atoms with Crippen LogP contribution < -0.4 is 9.47 Å². The summed E-state index contributed by atoms with van der Waals surface area (Å²) >= 11 is 6.83. The molecule has 0 bridgehead atoms. The lowest BCUT2D eigenvalue weighted by atomic mass is 10.1. The van der Waals surface area contributed by atoms with Crippen molar-refractivity contribution < 1.29 is 14.6 Å². The number of methoxy groups -OCH3 is 2. The molecular formula is C13H14Br2N2O3. The van der Waals surface area contributed by atoms with E-state index < -0.39 is 6.10 Å². The molecule has 0 aliphatic carbocycles. The number of benzene rings is 1. The molecule has 0 aliphatic rings. The Balaban J connectivity index is 2.52. The van der Waals surface area contributed by atoms with E-state index in [0.717, 1.165) is 8.95 Å². The third-order valence-corrected chi connectivity index (χ3v) is 4.29. The molecule has 1 atom stereocenters. The maximum Gasteiger partial charge on any atom is 0.161 e. The molecule has 0 spiro atoms. The van der Waals surface area contributed by atoms with Gasteiger partial charge in [-0.05, 0) is 28.1 Å². The minimum Gasteiger partial charge on any atom is -0.493 e. The number of hydrogen-bond acceptors (Lipinski definition) is 4. The highest BCUT2D eigenvalue weighted by Gasteiger charge is 2.22. The highest BCUT2D eigenvalue weighted by molar-refractivity contribution is 9.10. The first-order chi connectivity index (χ1) is 9.49. The lowest BCUT2D eigenvalue weighted by molar-refractivity contribution is 0.207. The summed E-state index contributed by atoms with van der Waals surface area (Å²) < 4.78 is 13.6. The number of ether oxygens (including phenoxy) is 2. The molecular weight excluding hydrogens is 392 g/mol. The molecule has 1 N–H and O–H groups in total. The van der Waals surface area contributed by atoms with E-state index in [1.807, 2.05) is 0 Å². The normalized spacial score (nSPS) is 12.3. The molecule has 2 rings (SSSR count). The third kappa shape index (κ3) is 2.70. The van der Waals surface area contributed by atoms with Gasteiger partial charge in [0, 0.05) is 17.1 Å². The topological polar surface area (TPSA) is 56.5 Å². The molecule has 108 valence electrons. The number of aromatic nitrogens is 2. The fraction of sp³-hybridized carbons (Fsp3) is 0.308. The lowest BCUT2D eigenvalue weighted by Crippen LogP contribution is -2.08. The lowest BCUT2D eigenvalue weighted by Gasteiger charge is -2.17. The number of rotatable bonds is 4. The van der Waals surface area contributed by atoms with Gasteiger partial charge in [-0.2, -0.15) is 5.10 Å². The molecule has 1 heterocycles. The number of halogens is 2. The molecule has 7 heteroatoms. The molecule has 0 radical (unpaired) electrons. The van der Waals surface area contributed by atoms with Crippen LogP contribution in [-0.2, 0) is 7.05 Å². The molecule has 2 aromatic rings. The Kier molecular flexibility index (Phi) is 4.72. The Morgan fingerprint density at radius 1 is 1.15 bits per heavy atom. The van der Waals surface area contributed by atoms with Gasteiger partial charge in [0.1, 0.15) is 6.10 Å². The zero-order chi connectivity index (χ0) is 14.9. The molecule has 1 aromatic heterocycles. The Hall–Kier alpha value is -1.05. The van der Waals surface area contributed by atoms with E-state index in [9.17, 15) is 5.11 Å². The zero-order valence-electron chi connectivity index (χ0n) is 11.2. The first-order valence-electron chi connectivity index (χ1n) is 5.76. The molecule has 1 aromatic carbocycles. The van der Waals surface area contributed by atoms with Gasteiger partial charge in [-0.3, -0.25) is 4.68 Å². The van der Waals surface area contributed by atoms with E-state index in [0.29, 0.717) is 22.8 Å². The van der Waals surface area contributed by atoms with Gasteiger partial charge in [0.05, 0.1) is 30.6 Å². The van der Waals surface area contributed by atoms with Crippen LogP contribution in [-0.4, -0.2) is 29.1 Å². The maximum absolute atomic E-state index is 10.6. The van der Waals surface area contributed by atoms with Crippen LogP contribution in [0.4, 0.5) is 0 Å². The van der Waals surface area contributed by atoms with E-state index in [4.69, 9.17) is 9.47 Å². The maximum atomic E-state index is 10.6. The molecule has 0 amide bonds. The van der Waals surface area contributed by atoms with Crippen LogP contribution in [0, 0.1) is 0 Å². The van der Waals surface area contributed by atoms with E-state index in [1.54, 1.807) is 44.3 Å². The van der Waals surface area contributed by atoms with Gasteiger partial charge < -0.3 is 14.6 Å². The number of nitrogens with zero attached hydrogens (tertiary/aromatic N) is 2. The number of hydrogen-bond donors (Lipinski definition) is 1. The van der Waals surface area contributed by atoms with E-state index in [-0.39, 0.29) is 0 Å². The van der Waals surface area contributed by atoms with Gasteiger partial charge >= 0.3 is 0 Å². The van der Waals surface area contributed by atoms with Crippen LogP contribution in [0.3, 0.4) is 0 Å². The van der Waals surface area contributed by atoms with Crippen LogP contribution in [0.25, 0.3) is 0 Å². The van der Waals surface area contributed by atoms with Crippen molar-refractivity contribution in [3.63, 3.8) is 0 Å². The second kappa shape index (κ2) is 6.15. The van der Waals surface area contributed by atoms with Gasteiger partial charge in [0.15, 0.2) is 11.5 Å². The minimum absolute atomic E-state index is 0.558. The van der Waals surface area contributed by atoms with Gasteiger partial charge in [-0.25, -0.2) is 0 Å². The monoisotopic (exact) mass is 404 g/mol. The largest absolute Gasteiger partial charge is 0.493 e. The summed E-state index contributed by atoms with van der Waals surface area (Å²) in [6, 6.07) is 3.51. The predicted octanol–water partition coefficient (Wildman–Crippen LogP) is 3.04. The summed E-state index contributed by atoms with van der Waals surface area (Å²) in [5.74, 6) is 1.16. The molecule has 0 saturated carbocycles. The average molecular weight is 406 g/mol. The minimum atomic E-state index is -0.842. The molecule has 0 fully saturated rings. The Morgan fingerprint density at radius 3 is 2.25 bits per heavy atom. The molecule has 0 saturated heterocycles. The Labute approximate surface area is 133 Å². The number of aliphatic hydroxyl groups excluding tert-OH is 1. The van der Waals surface area contributed by atoms with Crippen LogP contribution in [0.15, 0.2) is 27.3 Å². The Bertz CT molecular complexity index is 609. The van der Waals surface area contributed by atoms with Crippen molar-refractivity contribution in [2.24, 2.45) is 7.05 Å². The summed E-state index contributed by atoms with van der Waals surface area (Å²) in [7, 11) is 4.90. The van der Waals surface area contributed by atoms with Gasteiger partial charge in [0.25, 0.3) is 0 Å². The fourth-order valence-corrected chi connectivity index (χ4v) is 3.06. The Morgan fingerprint density at radius 2 is 1.75 bits per heavy atom. The van der Waals surface area contributed by atoms with Crippen molar-refractivity contribution >= 4 is 31.9 Å². The van der Waals surface area contributed by atoms with Crippen LogP contribution in [0.5, 0.6) is 11.5 Å². The van der Waals surface area contributed by atoms with Crippen molar-refractivity contribution in [3.8, 4) is 11.5 Å². The number of aliphatic hydroxyl groups is 1. The van der Waals surface area contributed by atoms with E-state index in [1.165, 1.54) is 0 Å². The smallest absolute Gasteiger partial charge is 0.161 e.